The highest BCUT2D eigenvalue weighted by molar-refractivity contribution is 6.31. The Morgan fingerprint density at radius 1 is 1.16 bits per heavy atom. The van der Waals surface area contributed by atoms with Gasteiger partial charge in [-0.25, -0.2) is 9.69 Å². The quantitative estimate of drug-likeness (QED) is 0.595. The van der Waals surface area contributed by atoms with Gasteiger partial charge < -0.3 is 10.1 Å². The third-order valence-electron chi connectivity index (χ3n) is 6.74. The Hall–Kier alpha value is -3.12. The van der Waals surface area contributed by atoms with E-state index in [0.29, 0.717) is 23.6 Å². The van der Waals surface area contributed by atoms with Crippen molar-refractivity contribution >= 4 is 40.0 Å². The first-order valence-corrected chi connectivity index (χ1v) is 11.2. The number of imide groups is 1. The van der Waals surface area contributed by atoms with Crippen molar-refractivity contribution in [2.75, 3.05) is 12.0 Å². The van der Waals surface area contributed by atoms with Gasteiger partial charge in [-0.3, -0.25) is 9.78 Å². The Kier molecular flexibility index (Phi) is 5.25. The van der Waals surface area contributed by atoms with Gasteiger partial charge >= 0.3 is 6.03 Å². The van der Waals surface area contributed by atoms with Crippen LogP contribution in [0.3, 0.4) is 0 Å². The number of ether oxygens (including phenoxy) is 1. The molecule has 32 heavy (non-hydrogen) atoms. The van der Waals surface area contributed by atoms with Crippen LogP contribution in [0.1, 0.15) is 36.3 Å². The van der Waals surface area contributed by atoms with Crippen LogP contribution < -0.4 is 15.0 Å². The molecule has 2 aliphatic rings. The molecular weight excluding hydrogens is 426 g/mol. The first-order chi connectivity index (χ1) is 15.5. The van der Waals surface area contributed by atoms with Gasteiger partial charge in [0.15, 0.2) is 0 Å². The molecule has 1 saturated heterocycles. The van der Waals surface area contributed by atoms with Crippen molar-refractivity contribution in [3.8, 4) is 5.75 Å². The number of pyridine rings is 1. The fraction of sp³-hybridized carbons (Fsp3) is 0.320. The molecule has 7 heteroatoms. The van der Waals surface area contributed by atoms with Crippen molar-refractivity contribution in [3.63, 3.8) is 0 Å². The van der Waals surface area contributed by atoms with Gasteiger partial charge in [-0.2, -0.15) is 0 Å². The van der Waals surface area contributed by atoms with E-state index in [9.17, 15) is 9.59 Å². The summed E-state index contributed by atoms with van der Waals surface area (Å²) in [5.41, 5.74) is 2.52. The molecule has 5 rings (SSSR count). The standard InChI is InChI=1S/C25H24ClN3O3/c1-14-9-20(26)19(11-23(14)32-2)15-7-8-18-21(10-15)28-25(31)29(24(18)30)22-13-27-12-16-5-3-4-6-17(16)22/h3-6,9,11-13,15,18,21H,7-8,10H2,1-2H3,(H,28,31). The van der Waals surface area contributed by atoms with Gasteiger partial charge in [-0.05, 0) is 55.4 Å². The Labute approximate surface area is 191 Å². The molecule has 6 nitrogen and oxygen atoms in total. The second kappa shape index (κ2) is 8.10. The van der Waals surface area contributed by atoms with Gasteiger partial charge in [0.05, 0.1) is 24.9 Å². The van der Waals surface area contributed by atoms with Crippen LogP contribution >= 0.6 is 11.6 Å². The molecule has 3 amide bonds. The fourth-order valence-electron chi connectivity index (χ4n) is 5.11. The van der Waals surface area contributed by atoms with Crippen molar-refractivity contribution in [2.45, 2.75) is 38.1 Å². The van der Waals surface area contributed by atoms with E-state index in [1.165, 1.54) is 4.90 Å². The molecule has 1 aromatic heterocycles. The number of aromatic nitrogens is 1. The van der Waals surface area contributed by atoms with Crippen molar-refractivity contribution in [1.82, 2.24) is 10.3 Å². The van der Waals surface area contributed by atoms with Gasteiger partial charge in [0.25, 0.3) is 0 Å². The van der Waals surface area contributed by atoms with E-state index in [1.54, 1.807) is 19.5 Å². The Morgan fingerprint density at radius 2 is 1.97 bits per heavy atom. The van der Waals surface area contributed by atoms with E-state index in [1.807, 2.05) is 43.3 Å². The number of halogens is 1. The first kappa shape index (κ1) is 20.8. The number of carbonyl (C=O) groups excluding carboxylic acids is 2. The summed E-state index contributed by atoms with van der Waals surface area (Å²) < 4.78 is 5.48. The van der Waals surface area contributed by atoms with Gasteiger partial charge in [0.2, 0.25) is 5.91 Å². The number of amides is 3. The minimum absolute atomic E-state index is 0.150. The monoisotopic (exact) mass is 449 g/mol. The number of carbonyl (C=O) groups is 2. The summed E-state index contributed by atoms with van der Waals surface area (Å²) in [6.07, 6.45) is 5.48. The molecule has 2 heterocycles. The fourth-order valence-corrected chi connectivity index (χ4v) is 5.48. The summed E-state index contributed by atoms with van der Waals surface area (Å²) in [6.45, 7) is 1.96. The third kappa shape index (κ3) is 3.39. The van der Waals surface area contributed by atoms with Crippen molar-refractivity contribution < 1.29 is 14.3 Å². The minimum Gasteiger partial charge on any atom is -0.496 e. The second-order valence-corrected chi connectivity index (χ2v) is 8.98. The van der Waals surface area contributed by atoms with Crippen LogP contribution in [0.15, 0.2) is 48.8 Å². The predicted molar refractivity (Wildman–Crippen MR) is 124 cm³/mol. The third-order valence-corrected chi connectivity index (χ3v) is 7.07. The number of urea groups is 1. The van der Waals surface area contributed by atoms with Crippen LogP contribution in [0.5, 0.6) is 5.75 Å². The number of aryl methyl sites for hydroxylation is 1. The van der Waals surface area contributed by atoms with Crippen molar-refractivity contribution in [3.05, 3.63) is 64.9 Å². The maximum atomic E-state index is 13.5. The lowest BCUT2D eigenvalue weighted by Crippen LogP contribution is -2.61. The zero-order valence-electron chi connectivity index (χ0n) is 18.0. The lowest BCUT2D eigenvalue weighted by Gasteiger charge is -2.42. The van der Waals surface area contributed by atoms with Gasteiger partial charge in [-0.15, -0.1) is 0 Å². The number of rotatable bonds is 3. The molecule has 3 atom stereocenters. The zero-order valence-corrected chi connectivity index (χ0v) is 18.7. The molecule has 3 aromatic rings. The largest absolute Gasteiger partial charge is 0.496 e. The van der Waals surface area contributed by atoms with E-state index in [0.717, 1.165) is 34.1 Å². The molecule has 164 valence electrons. The molecule has 2 fully saturated rings. The normalized spacial score (nSPS) is 23.1. The Morgan fingerprint density at radius 3 is 2.78 bits per heavy atom. The lowest BCUT2D eigenvalue weighted by molar-refractivity contribution is -0.124. The molecule has 1 aliphatic carbocycles. The molecule has 0 spiro atoms. The maximum absolute atomic E-state index is 13.5. The molecule has 1 aliphatic heterocycles. The molecular formula is C25H24ClN3O3. The zero-order chi connectivity index (χ0) is 22.4. The number of anilines is 1. The summed E-state index contributed by atoms with van der Waals surface area (Å²) in [5.74, 6) is 0.513. The van der Waals surface area contributed by atoms with Gasteiger partial charge in [0.1, 0.15) is 5.75 Å². The summed E-state index contributed by atoms with van der Waals surface area (Å²) in [7, 11) is 1.65. The van der Waals surface area contributed by atoms with Crippen LogP contribution in [-0.4, -0.2) is 30.1 Å². The molecule has 1 saturated carbocycles. The SMILES string of the molecule is COc1cc(C2CCC3C(=O)N(c4cncc5ccccc45)C(=O)NC3C2)c(Cl)cc1C. The Balaban J connectivity index is 1.43. The molecule has 3 unspecified atom stereocenters. The van der Waals surface area contributed by atoms with Crippen LogP contribution in [0.25, 0.3) is 10.8 Å². The van der Waals surface area contributed by atoms with Crippen LogP contribution in [-0.2, 0) is 4.79 Å². The average Bonchev–Trinajstić information content (AvgIpc) is 2.79. The minimum atomic E-state index is -0.400. The number of fused-ring (bicyclic) bond motifs is 2. The van der Waals surface area contributed by atoms with E-state index in [4.69, 9.17) is 16.3 Å². The molecule has 0 bridgehead atoms. The number of methoxy groups -OCH3 is 1. The highest BCUT2D eigenvalue weighted by Gasteiger charge is 2.45. The second-order valence-electron chi connectivity index (χ2n) is 8.57. The Bertz CT molecular complexity index is 1220. The lowest BCUT2D eigenvalue weighted by atomic mass is 9.74. The van der Waals surface area contributed by atoms with Crippen LogP contribution in [0.4, 0.5) is 10.5 Å². The average molecular weight is 450 g/mol. The molecule has 1 N–H and O–H groups in total. The van der Waals surface area contributed by atoms with Gasteiger partial charge in [0, 0.05) is 28.0 Å². The van der Waals surface area contributed by atoms with Gasteiger partial charge in [-0.1, -0.05) is 35.9 Å². The number of benzene rings is 2. The predicted octanol–water partition coefficient (Wildman–Crippen LogP) is 5.21. The van der Waals surface area contributed by atoms with Crippen molar-refractivity contribution in [2.24, 2.45) is 5.92 Å². The molecule has 0 radical (unpaired) electrons. The number of hydrogen-bond acceptors (Lipinski definition) is 4. The summed E-state index contributed by atoms with van der Waals surface area (Å²) in [5, 5.41) is 5.50. The number of hydrogen-bond donors (Lipinski definition) is 1. The smallest absolute Gasteiger partial charge is 0.329 e. The van der Waals surface area contributed by atoms with Crippen molar-refractivity contribution in [1.29, 1.82) is 0 Å². The topological polar surface area (TPSA) is 71.5 Å². The first-order valence-electron chi connectivity index (χ1n) is 10.8. The number of nitrogens with zero attached hydrogens (tertiary/aromatic N) is 2. The summed E-state index contributed by atoms with van der Waals surface area (Å²) in [6, 6.07) is 10.9. The number of nitrogens with one attached hydrogen (secondary N) is 1. The maximum Gasteiger partial charge on any atom is 0.329 e. The highest BCUT2D eigenvalue weighted by atomic mass is 35.5. The van der Waals surface area contributed by atoms with E-state index < -0.39 is 6.03 Å². The molecule has 2 aromatic carbocycles. The summed E-state index contributed by atoms with van der Waals surface area (Å²) >= 11 is 6.56. The van der Waals surface area contributed by atoms with Crippen LogP contribution in [0, 0.1) is 12.8 Å². The van der Waals surface area contributed by atoms with E-state index in [2.05, 4.69) is 10.3 Å². The van der Waals surface area contributed by atoms with E-state index >= 15 is 0 Å². The van der Waals surface area contributed by atoms with E-state index in [-0.39, 0.29) is 23.8 Å². The van der Waals surface area contributed by atoms with Crippen LogP contribution in [0.2, 0.25) is 5.02 Å². The highest BCUT2D eigenvalue weighted by Crippen LogP contribution is 2.43. The summed E-state index contributed by atoms with van der Waals surface area (Å²) in [4.78, 5) is 32.0.